The SMILES string of the molecule is CC(C)CN(C1CCS(=O)(=O)C1)S(=O)(=O)c1ccc(C(C)(C)C)cc1. The summed E-state index contributed by atoms with van der Waals surface area (Å²) in [4.78, 5) is 0.227. The van der Waals surface area contributed by atoms with Crippen LogP contribution in [-0.2, 0) is 25.3 Å². The molecule has 2 rings (SSSR count). The van der Waals surface area contributed by atoms with E-state index in [1.165, 1.54) is 4.31 Å². The molecular formula is C18H29NO4S2. The first-order valence-corrected chi connectivity index (χ1v) is 11.9. The topological polar surface area (TPSA) is 71.5 Å². The zero-order valence-corrected chi connectivity index (χ0v) is 17.3. The molecular weight excluding hydrogens is 358 g/mol. The van der Waals surface area contributed by atoms with Crippen molar-refractivity contribution < 1.29 is 16.8 Å². The van der Waals surface area contributed by atoms with Crippen LogP contribution >= 0.6 is 0 Å². The molecule has 0 aliphatic carbocycles. The Bertz CT molecular complexity index is 804. The number of sulfone groups is 1. The van der Waals surface area contributed by atoms with Crippen molar-refractivity contribution in [1.82, 2.24) is 4.31 Å². The fourth-order valence-corrected chi connectivity index (χ4v) is 6.71. The van der Waals surface area contributed by atoms with E-state index in [2.05, 4.69) is 20.8 Å². The van der Waals surface area contributed by atoms with Crippen molar-refractivity contribution in [3.8, 4) is 0 Å². The fraction of sp³-hybridized carbons (Fsp3) is 0.667. The van der Waals surface area contributed by atoms with Crippen molar-refractivity contribution in [3.63, 3.8) is 0 Å². The van der Waals surface area contributed by atoms with E-state index in [0.717, 1.165) is 5.56 Å². The summed E-state index contributed by atoms with van der Waals surface area (Å²) in [5.74, 6) is 0.0935. The fourth-order valence-electron chi connectivity index (χ4n) is 3.07. The highest BCUT2D eigenvalue weighted by Crippen LogP contribution is 2.28. The van der Waals surface area contributed by atoms with Gasteiger partial charge in [0.15, 0.2) is 9.84 Å². The molecule has 1 aromatic rings. The van der Waals surface area contributed by atoms with Gasteiger partial charge in [0.25, 0.3) is 0 Å². The van der Waals surface area contributed by atoms with E-state index in [4.69, 9.17) is 0 Å². The van der Waals surface area contributed by atoms with E-state index >= 15 is 0 Å². The van der Waals surface area contributed by atoms with Crippen LogP contribution in [0.15, 0.2) is 29.2 Å². The average molecular weight is 388 g/mol. The Balaban J connectivity index is 2.38. The van der Waals surface area contributed by atoms with Gasteiger partial charge >= 0.3 is 0 Å². The molecule has 0 spiro atoms. The number of hydrogen-bond acceptors (Lipinski definition) is 4. The van der Waals surface area contributed by atoms with E-state index in [0.29, 0.717) is 13.0 Å². The maximum absolute atomic E-state index is 13.2. The monoisotopic (exact) mass is 387 g/mol. The number of sulfonamides is 1. The van der Waals surface area contributed by atoms with Gasteiger partial charge in [0.1, 0.15) is 0 Å². The normalized spacial score (nSPS) is 21.2. The van der Waals surface area contributed by atoms with Crippen LogP contribution in [0.1, 0.15) is 46.6 Å². The number of nitrogens with zero attached hydrogens (tertiary/aromatic N) is 1. The highest BCUT2D eigenvalue weighted by molar-refractivity contribution is 7.92. The van der Waals surface area contributed by atoms with Crippen molar-refractivity contribution in [3.05, 3.63) is 29.8 Å². The summed E-state index contributed by atoms with van der Waals surface area (Å²) in [5, 5.41) is 0. The minimum absolute atomic E-state index is 0.0561. The summed E-state index contributed by atoms with van der Waals surface area (Å²) < 4.78 is 51.4. The molecule has 1 heterocycles. The molecule has 1 aliphatic heterocycles. The first-order chi connectivity index (χ1) is 11.3. The highest BCUT2D eigenvalue weighted by atomic mass is 32.2. The van der Waals surface area contributed by atoms with Crippen LogP contribution in [0.4, 0.5) is 0 Å². The lowest BCUT2D eigenvalue weighted by atomic mass is 9.87. The smallest absolute Gasteiger partial charge is 0.229 e. The third-order valence-electron chi connectivity index (χ3n) is 4.49. The average Bonchev–Trinajstić information content (AvgIpc) is 2.83. The summed E-state index contributed by atoms with van der Waals surface area (Å²) in [7, 11) is -6.87. The molecule has 1 saturated heterocycles. The summed E-state index contributed by atoms with van der Waals surface area (Å²) in [6, 6.07) is 6.47. The Hall–Kier alpha value is -0.920. The highest BCUT2D eigenvalue weighted by Gasteiger charge is 2.39. The largest absolute Gasteiger partial charge is 0.243 e. The summed E-state index contributed by atoms with van der Waals surface area (Å²) in [6.07, 6.45) is 0.369. The van der Waals surface area contributed by atoms with Gasteiger partial charge in [-0.05, 0) is 35.4 Å². The van der Waals surface area contributed by atoms with E-state index < -0.39 is 25.9 Å². The van der Waals surface area contributed by atoms with Crippen molar-refractivity contribution in [2.24, 2.45) is 5.92 Å². The number of benzene rings is 1. The van der Waals surface area contributed by atoms with Crippen LogP contribution in [0.2, 0.25) is 0 Å². The van der Waals surface area contributed by atoms with E-state index in [1.807, 2.05) is 26.0 Å². The third-order valence-corrected chi connectivity index (χ3v) is 8.17. The van der Waals surface area contributed by atoms with Crippen LogP contribution < -0.4 is 0 Å². The molecule has 1 aliphatic rings. The van der Waals surface area contributed by atoms with Gasteiger partial charge in [-0.25, -0.2) is 16.8 Å². The van der Waals surface area contributed by atoms with Crippen LogP contribution in [0.3, 0.4) is 0 Å². The Morgan fingerprint density at radius 3 is 2.12 bits per heavy atom. The van der Waals surface area contributed by atoms with Gasteiger partial charge < -0.3 is 0 Å². The van der Waals surface area contributed by atoms with Crippen molar-refractivity contribution in [1.29, 1.82) is 0 Å². The van der Waals surface area contributed by atoms with Gasteiger partial charge in [-0.15, -0.1) is 0 Å². The first-order valence-electron chi connectivity index (χ1n) is 8.66. The first kappa shape index (κ1) is 20.4. The molecule has 7 heteroatoms. The van der Waals surface area contributed by atoms with E-state index in [-0.39, 0.29) is 27.7 Å². The second-order valence-electron chi connectivity index (χ2n) is 8.30. The maximum Gasteiger partial charge on any atom is 0.243 e. The Kier molecular flexibility index (Phi) is 5.71. The Labute approximate surface area is 152 Å². The maximum atomic E-state index is 13.2. The third kappa shape index (κ3) is 4.83. The summed E-state index contributed by atoms with van der Waals surface area (Å²) >= 11 is 0. The van der Waals surface area contributed by atoms with Crippen molar-refractivity contribution in [2.45, 2.75) is 57.4 Å². The summed E-state index contributed by atoms with van der Waals surface area (Å²) in [5.41, 5.74) is 1.00. The molecule has 0 N–H and O–H groups in total. The molecule has 1 aromatic carbocycles. The lowest BCUT2D eigenvalue weighted by Crippen LogP contribution is -2.43. The van der Waals surface area contributed by atoms with Crippen molar-refractivity contribution >= 4 is 19.9 Å². The molecule has 0 radical (unpaired) electrons. The molecule has 1 atom stereocenters. The van der Waals surface area contributed by atoms with E-state index in [1.54, 1.807) is 12.1 Å². The number of hydrogen-bond donors (Lipinski definition) is 0. The Morgan fingerprint density at radius 1 is 1.16 bits per heavy atom. The van der Waals surface area contributed by atoms with Gasteiger partial charge in [-0.2, -0.15) is 4.31 Å². The predicted molar refractivity (Wildman–Crippen MR) is 101 cm³/mol. The molecule has 142 valence electrons. The van der Waals surface area contributed by atoms with Gasteiger partial charge in [0.2, 0.25) is 10.0 Å². The standard InChI is InChI=1S/C18H29NO4S2/c1-14(2)12-19(16-10-11-24(20,21)13-16)25(22,23)17-8-6-15(7-9-17)18(3,4)5/h6-9,14,16H,10-13H2,1-5H3. The lowest BCUT2D eigenvalue weighted by molar-refractivity contribution is 0.308. The molecule has 1 fully saturated rings. The second-order valence-corrected chi connectivity index (χ2v) is 12.4. The molecule has 25 heavy (non-hydrogen) atoms. The van der Waals surface area contributed by atoms with Gasteiger partial charge in [-0.3, -0.25) is 0 Å². The van der Waals surface area contributed by atoms with Crippen LogP contribution in [-0.4, -0.2) is 45.2 Å². The molecule has 1 unspecified atom stereocenters. The molecule has 5 nitrogen and oxygen atoms in total. The number of rotatable bonds is 5. The zero-order valence-electron chi connectivity index (χ0n) is 15.7. The van der Waals surface area contributed by atoms with Gasteiger partial charge in [0, 0.05) is 12.6 Å². The van der Waals surface area contributed by atoms with Crippen molar-refractivity contribution in [2.75, 3.05) is 18.1 Å². The molecule has 0 saturated carbocycles. The lowest BCUT2D eigenvalue weighted by Gasteiger charge is -2.29. The second kappa shape index (κ2) is 7.00. The quantitative estimate of drug-likeness (QED) is 0.779. The van der Waals surface area contributed by atoms with Gasteiger partial charge in [0.05, 0.1) is 16.4 Å². The van der Waals surface area contributed by atoms with Crippen LogP contribution in [0.5, 0.6) is 0 Å². The molecule has 0 amide bonds. The Morgan fingerprint density at radius 2 is 1.72 bits per heavy atom. The van der Waals surface area contributed by atoms with Gasteiger partial charge in [-0.1, -0.05) is 46.8 Å². The molecule has 0 aromatic heterocycles. The molecule has 0 bridgehead atoms. The minimum atomic E-state index is -3.72. The summed E-state index contributed by atoms with van der Waals surface area (Å²) in [6.45, 7) is 10.4. The van der Waals surface area contributed by atoms with Crippen LogP contribution in [0, 0.1) is 5.92 Å². The van der Waals surface area contributed by atoms with E-state index in [9.17, 15) is 16.8 Å². The predicted octanol–water partition coefficient (Wildman–Crippen LogP) is 2.82. The minimum Gasteiger partial charge on any atom is -0.229 e. The van der Waals surface area contributed by atoms with Crippen LogP contribution in [0.25, 0.3) is 0 Å². The zero-order chi connectivity index (χ0) is 19.0.